The molecule has 0 spiro atoms. The van der Waals surface area contributed by atoms with Crippen molar-refractivity contribution in [2.45, 2.75) is 84.0 Å². The first-order chi connectivity index (χ1) is 12.1. The minimum Gasteiger partial charge on any atom is -0.378 e. The summed E-state index contributed by atoms with van der Waals surface area (Å²) in [5.74, 6) is 2.02. The van der Waals surface area contributed by atoms with Crippen LogP contribution in [-0.4, -0.2) is 51.5 Å². The number of aromatic nitrogens is 3. The summed E-state index contributed by atoms with van der Waals surface area (Å²) in [6.07, 6.45) is 2.75. The minimum absolute atomic E-state index is 0.0474. The first-order valence-electron chi connectivity index (χ1n) is 9.64. The normalized spacial score (nSPS) is 29.8. The molecule has 1 aromatic heterocycles. The molecule has 3 rings (SSSR count). The molecule has 2 aliphatic rings. The summed E-state index contributed by atoms with van der Waals surface area (Å²) >= 11 is 0. The van der Waals surface area contributed by atoms with E-state index in [9.17, 15) is 4.79 Å². The first-order valence-corrected chi connectivity index (χ1v) is 9.64. The molecule has 1 aliphatic heterocycles. The molecule has 1 fully saturated rings. The predicted molar refractivity (Wildman–Crippen MR) is 100.0 cm³/mol. The molecule has 0 saturated heterocycles. The fourth-order valence-corrected chi connectivity index (χ4v) is 4.22. The molecule has 1 aliphatic carbocycles. The van der Waals surface area contributed by atoms with Crippen LogP contribution in [0.5, 0.6) is 0 Å². The summed E-state index contributed by atoms with van der Waals surface area (Å²) in [7, 11) is 3.63. The average molecular weight is 364 g/mol. The van der Waals surface area contributed by atoms with Crippen molar-refractivity contribution in [1.29, 1.82) is 0 Å². The SMILES string of the molecule is CO[C@]1(C)C[C@@H](N(C)C(=O)N[C@@H]2CCCn3nc(C(C)C)nc32)C1(C)C. The van der Waals surface area contributed by atoms with Crippen molar-refractivity contribution >= 4 is 6.03 Å². The van der Waals surface area contributed by atoms with Gasteiger partial charge >= 0.3 is 6.03 Å². The van der Waals surface area contributed by atoms with Gasteiger partial charge in [0, 0.05) is 38.1 Å². The van der Waals surface area contributed by atoms with Crippen molar-refractivity contribution in [2.75, 3.05) is 14.2 Å². The Hall–Kier alpha value is -1.63. The Morgan fingerprint density at radius 2 is 2.08 bits per heavy atom. The van der Waals surface area contributed by atoms with Crippen LogP contribution in [0.1, 0.15) is 77.5 Å². The van der Waals surface area contributed by atoms with Gasteiger partial charge in [-0.2, -0.15) is 5.10 Å². The van der Waals surface area contributed by atoms with Gasteiger partial charge in [0.15, 0.2) is 5.82 Å². The number of methoxy groups -OCH3 is 1. The molecule has 2 heterocycles. The van der Waals surface area contributed by atoms with E-state index in [2.05, 4.69) is 50.0 Å². The maximum atomic E-state index is 12.9. The van der Waals surface area contributed by atoms with E-state index < -0.39 is 0 Å². The van der Waals surface area contributed by atoms with Crippen molar-refractivity contribution in [3.63, 3.8) is 0 Å². The molecule has 0 unspecified atom stereocenters. The van der Waals surface area contributed by atoms with E-state index >= 15 is 0 Å². The lowest BCUT2D eigenvalue weighted by atomic mass is 9.55. The van der Waals surface area contributed by atoms with Gasteiger partial charge in [0.1, 0.15) is 5.82 Å². The van der Waals surface area contributed by atoms with E-state index in [1.165, 1.54) is 0 Å². The van der Waals surface area contributed by atoms with Crippen LogP contribution in [0.3, 0.4) is 0 Å². The number of nitrogens with one attached hydrogen (secondary N) is 1. The number of hydrogen-bond donors (Lipinski definition) is 1. The molecule has 2 amide bonds. The molecule has 7 heteroatoms. The fraction of sp³-hybridized carbons (Fsp3) is 0.842. The number of carbonyl (C=O) groups excluding carboxylic acids is 1. The van der Waals surface area contributed by atoms with Gasteiger partial charge < -0.3 is 15.0 Å². The van der Waals surface area contributed by atoms with Gasteiger partial charge in [-0.25, -0.2) is 14.5 Å². The number of hydrogen-bond acceptors (Lipinski definition) is 4. The van der Waals surface area contributed by atoms with Crippen LogP contribution in [0, 0.1) is 5.41 Å². The number of amides is 2. The Bertz CT molecular complexity index is 683. The monoisotopic (exact) mass is 363 g/mol. The van der Waals surface area contributed by atoms with Crippen LogP contribution < -0.4 is 5.32 Å². The van der Waals surface area contributed by atoms with Crippen molar-refractivity contribution in [2.24, 2.45) is 5.41 Å². The summed E-state index contributed by atoms with van der Waals surface area (Å²) in [6, 6.07) is 0.0320. The lowest BCUT2D eigenvalue weighted by Crippen LogP contribution is -2.69. The highest BCUT2D eigenvalue weighted by molar-refractivity contribution is 5.75. The molecular formula is C19H33N5O2. The smallest absolute Gasteiger partial charge is 0.318 e. The Morgan fingerprint density at radius 3 is 2.65 bits per heavy atom. The number of aryl methyl sites for hydroxylation is 1. The third-order valence-electron chi connectivity index (χ3n) is 6.72. The lowest BCUT2D eigenvalue weighted by Gasteiger charge is -2.61. The highest BCUT2D eigenvalue weighted by atomic mass is 16.5. The van der Waals surface area contributed by atoms with E-state index in [0.717, 1.165) is 37.5 Å². The summed E-state index contributed by atoms with van der Waals surface area (Å²) in [5.41, 5.74) is -0.283. The van der Waals surface area contributed by atoms with E-state index in [0.29, 0.717) is 0 Å². The van der Waals surface area contributed by atoms with Crippen molar-refractivity contribution in [3.05, 3.63) is 11.6 Å². The third-order valence-corrected chi connectivity index (χ3v) is 6.72. The molecule has 0 aromatic carbocycles. The van der Waals surface area contributed by atoms with Crippen LogP contribution in [0.2, 0.25) is 0 Å². The van der Waals surface area contributed by atoms with Crippen LogP contribution in [-0.2, 0) is 11.3 Å². The molecular weight excluding hydrogens is 330 g/mol. The second-order valence-electron chi connectivity index (χ2n) is 8.84. The Morgan fingerprint density at radius 1 is 1.38 bits per heavy atom. The standard InChI is InChI=1S/C19H33N5O2/c1-12(2)15-21-16-13(9-8-10-24(16)22-15)20-17(25)23(6)14-11-19(5,26-7)18(14,3)4/h12-14H,8-11H2,1-7H3,(H,20,25)/t13-,14-,19-/m1/s1. The highest BCUT2D eigenvalue weighted by Crippen LogP contribution is 2.53. The van der Waals surface area contributed by atoms with E-state index in [1.54, 1.807) is 7.11 Å². The van der Waals surface area contributed by atoms with Gasteiger partial charge in [0.25, 0.3) is 0 Å². The Kier molecular flexibility index (Phi) is 4.80. The number of carbonyl (C=O) groups is 1. The highest BCUT2D eigenvalue weighted by Gasteiger charge is 2.60. The second-order valence-corrected chi connectivity index (χ2v) is 8.84. The quantitative estimate of drug-likeness (QED) is 0.892. The number of nitrogens with zero attached hydrogens (tertiary/aromatic N) is 4. The maximum Gasteiger partial charge on any atom is 0.318 e. The first kappa shape index (κ1) is 19.1. The van der Waals surface area contributed by atoms with Crippen molar-refractivity contribution in [3.8, 4) is 0 Å². The topological polar surface area (TPSA) is 72.3 Å². The summed E-state index contributed by atoms with van der Waals surface area (Å²) in [6.45, 7) is 11.5. The third kappa shape index (κ3) is 2.90. The number of urea groups is 1. The molecule has 1 saturated carbocycles. The summed E-state index contributed by atoms with van der Waals surface area (Å²) in [4.78, 5) is 19.4. The molecule has 3 atom stereocenters. The maximum absolute atomic E-state index is 12.9. The number of rotatable bonds is 4. The van der Waals surface area contributed by atoms with Crippen LogP contribution >= 0.6 is 0 Å². The van der Waals surface area contributed by atoms with Crippen LogP contribution in [0.25, 0.3) is 0 Å². The lowest BCUT2D eigenvalue weighted by molar-refractivity contribution is -0.198. The van der Waals surface area contributed by atoms with E-state index in [1.807, 2.05) is 16.6 Å². The van der Waals surface area contributed by atoms with E-state index in [-0.39, 0.29) is 35.0 Å². The largest absolute Gasteiger partial charge is 0.378 e. The average Bonchev–Trinajstić information content (AvgIpc) is 3.04. The zero-order valence-corrected chi connectivity index (χ0v) is 17.2. The summed E-state index contributed by atoms with van der Waals surface area (Å²) in [5, 5.41) is 7.77. The number of fused-ring (bicyclic) bond motifs is 1. The second kappa shape index (κ2) is 6.51. The molecule has 1 aromatic rings. The molecule has 0 bridgehead atoms. The van der Waals surface area contributed by atoms with Gasteiger partial charge in [-0.1, -0.05) is 27.7 Å². The van der Waals surface area contributed by atoms with Crippen LogP contribution in [0.4, 0.5) is 4.79 Å². The van der Waals surface area contributed by atoms with Gasteiger partial charge in [-0.05, 0) is 26.2 Å². The van der Waals surface area contributed by atoms with Gasteiger partial charge in [0.05, 0.1) is 11.6 Å². The van der Waals surface area contributed by atoms with Crippen molar-refractivity contribution in [1.82, 2.24) is 25.0 Å². The van der Waals surface area contributed by atoms with Gasteiger partial charge in [-0.3, -0.25) is 0 Å². The van der Waals surface area contributed by atoms with Crippen molar-refractivity contribution < 1.29 is 9.53 Å². The molecule has 26 heavy (non-hydrogen) atoms. The number of ether oxygens (including phenoxy) is 1. The van der Waals surface area contributed by atoms with Gasteiger partial charge in [0.2, 0.25) is 0 Å². The Balaban J connectivity index is 1.70. The predicted octanol–water partition coefficient (Wildman–Crippen LogP) is 3.08. The molecule has 0 radical (unpaired) electrons. The fourth-order valence-electron chi connectivity index (χ4n) is 4.22. The molecule has 7 nitrogen and oxygen atoms in total. The molecule has 1 N–H and O–H groups in total. The molecule has 146 valence electrons. The summed E-state index contributed by atoms with van der Waals surface area (Å²) < 4.78 is 7.65. The zero-order valence-electron chi connectivity index (χ0n) is 17.2. The minimum atomic E-state index is -0.191. The van der Waals surface area contributed by atoms with E-state index in [4.69, 9.17) is 4.74 Å². The van der Waals surface area contributed by atoms with Gasteiger partial charge in [-0.15, -0.1) is 0 Å². The zero-order chi connectivity index (χ0) is 19.3. The van der Waals surface area contributed by atoms with Crippen LogP contribution in [0.15, 0.2) is 0 Å². The Labute approximate surface area is 156 Å².